The quantitative estimate of drug-likeness (QED) is 0.909. The van der Waals surface area contributed by atoms with Gasteiger partial charge < -0.3 is 14.6 Å². The van der Waals surface area contributed by atoms with Gasteiger partial charge in [0.25, 0.3) is 0 Å². The van der Waals surface area contributed by atoms with Crippen molar-refractivity contribution in [3.63, 3.8) is 0 Å². The highest BCUT2D eigenvalue weighted by atomic mass is 19.1. The maximum atomic E-state index is 13.1. The van der Waals surface area contributed by atoms with E-state index in [4.69, 9.17) is 14.6 Å². The maximum absolute atomic E-state index is 13.1. The Morgan fingerprint density at radius 1 is 1.47 bits per heavy atom. The average molecular weight is 264 g/mol. The van der Waals surface area contributed by atoms with Gasteiger partial charge in [-0.3, -0.25) is 4.68 Å². The number of benzene rings is 1. The fraction of sp³-hybridized carbons (Fsp3) is 0.167. The Morgan fingerprint density at radius 3 is 3.11 bits per heavy atom. The molecule has 1 aliphatic heterocycles. The predicted molar refractivity (Wildman–Crippen MR) is 60.8 cm³/mol. The third-order valence-corrected chi connectivity index (χ3v) is 2.77. The fourth-order valence-electron chi connectivity index (χ4n) is 1.95. The van der Waals surface area contributed by atoms with Crippen LogP contribution in [0.4, 0.5) is 4.39 Å². The van der Waals surface area contributed by atoms with Crippen molar-refractivity contribution in [1.82, 2.24) is 9.78 Å². The van der Waals surface area contributed by atoms with Gasteiger partial charge >= 0.3 is 5.97 Å². The molecule has 6 nitrogen and oxygen atoms in total. The Balaban J connectivity index is 1.98. The lowest BCUT2D eigenvalue weighted by atomic mass is 10.2. The van der Waals surface area contributed by atoms with E-state index >= 15 is 0 Å². The van der Waals surface area contributed by atoms with Crippen molar-refractivity contribution >= 4 is 5.97 Å². The van der Waals surface area contributed by atoms with Crippen LogP contribution in [0.5, 0.6) is 11.5 Å². The van der Waals surface area contributed by atoms with Crippen molar-refractivity contribution in [3.05, 3.63) is 41.5 Å². The summed E-state index contributed by atoms with van der Waals surface area (Å²) >= 11 is 0. The molecule has 0 fully saturated rings. The number of hydrogen-bond acceptors (Lipinski definition) is 4. The average Bonchev–Trinajstić information content (AvgIpc) is 2.96. The lowest BCUT2D eigenvalue weighted by molar-refractivity contribution is 0.0684. The largest absolute Gasteiger partial charge is 0.477 e. The molecule has 1 aromatic carbocycles. The van der Waals surface area contributed by atoms with Gasteiger partial charge in [-0.2, -0.15) is 4.39 Å². The topological polar surface area (TPSA) is 73.6 Å². The van der Waals surface area contributed by atoms with Gasteiger partial charge in [-0.15, -0.1) is 5.10 Å². The highest BCUT2D eigenvalue weighted by Crippen LogP contribution is 2.35. The van der Waals surface area contributed by atoms with E-state index < -0.39 is 11.9 Å². The number of carboxylic acids is 1. The number of ether oxygens (including phenoxy) is 2. The van der Waals surface area contributed by atoms with Crippen LogP contribution in [-0.4, -0.2) is 27.6 Å². The van der Waals surface area contributed by atoms with Crippen LogP contribution < -0.4 is 9.47 Å². The Bertz CT molecular complexity index is 653. The van der Waals surface area contributed by atoms with Crippen molar-refractivity contribution in [3.8, 4) is 11.5 Å². The second-order valence-electron chi connectivity index (χ2n) is 3.97. The minimum atomic E-state index is -1.24. The summed E-state index contributed by atoms with van der Waals surface area (Å²) in [7, 11) is 0. The normalized spacial score (nSPS) is 12.7. The molecule has 19 heavy (non-hydrogen) atoms. The van der Waals surface area contributed by atoms with Crippen molar-refractivity contribution in [2.45, 2.75) is 6.54 Å². The van der Waals surface area contributed by atoms with Gasteiger partial charge in [0.2, 0.25) is 12.7 Å². The molecule has 0 amide bonds. The number of aromatic carboxylic acids is 1. The Kier molecular flexibility index (Phi) is 2.59. The number of aromatic nitrogens is 2. The van der Waals surface area contributed by atoms with Gasteiger partial charge in [0.05, 0.1) is 6.54 Å². The van der Waals surface area contributed by atoms with Crippen LogP contribution in [0.1, 0.15) is 16.1 Å². The van der Waals surface area contributed by atoms with Crippen molar-refractivity contribution in [2.75, 3.05) is 6.79 Å². The van der Waals surface area contributed by atoms with Crippen LogP contribution in [0.2, 0.25) is 0 Å². The number of para-hydroxylation sites is 1. The molecule has 0 bridgehead atoms. The van der Waals surface area contributed by atoms with Gasteiger partial charge in [0.15, 0.2) is 11.5 Å². The van der Waals surface area contributed by atoms with E-state index in [0.717, 1.165) is 10.7 Å². The molecule has 3 rings (SSSR count). The Morgan fingerprint density at radius 2 is 2.32 bits per heavy atom. The van der Waals surface area contributed by atoms with E-state index in [1.165, 1.54) is 0 Å². The number of nitrogens with zero attached hydrogens (tertiary/aromatic N) is 2. The molecule has 0 unspecified atom stereocenters. The van der Waals surface area contributed by atoms with Crippen LogP contribution in [0.15, 0.2) is 24.3 Å². The van der Waals surface area contributed by atoms with Crippen LogP contribution in [0, 0.1) is 5.95 Å². The first-order chi connectivity index (χ1) is 9.15. The summed E-state index contributed by atoms with van der Waals surface area (Å²) in [6, 6.07) is 6.12. The van der Waals surface area contributed by atoms with Gasteiger partial charge in [-0.1, -0.05) is 12.1 Å². The van der Waals surface area contributed by atoms with Gasteiger partial charge in [-0.05, 0) is 6.07 Å². The van der Waals surface area contributed by atoms with Gasteiger partial charge in [0, 0.05) is 11.6 Å². The van der Waals surface area contributed by atoms with E-state index in [-0.39, 0.29) is 19.0 Å². The first-order valence-electron chi connectivity index (χ1n) is 5.49. The van der Waals surface area contributed by atoms with E-state index in [2.05, 4.69) is 5.10 Å². The number of hydrogen-bond donors (Lipinski definition) is 1. The minimum absolute atomic E-state index is 0.0953. The molecule has 2 heterocycles. The molecule has 0 atom stereocenters. The second-order valence-corrected chi connectivity index (χ2v) is 3.97. The molecule has 2 aromatic rings. The molecule has 1 aromatic heterocycles. The molecule has 0 saturated heterocycles. The summed E-state index contributed by atoms with van der Waals surface area (Å²) in [5.74, 6) is -0.944. The van der Waals surface area contributed by atoms with Gasteiger partial charge in [-0.25, -0.2) is 4.79 Å². The summed E-state index contributed by atoms with van der Waals surface area (Å²) in [5.41, 5.74) is 0.467. The molecule has 7 heteroatoms. The van der Waals surface area contributed by atoms with Crippen molar-refractivity contribution in [2.24, 2.45) is 0 Å². The molecule has 0 spiro atoms. The summed E-state index contributed by atoms with van der Waals surface area (Å²) in [6.07, 6.45) is 0. The second kappa shape index (κ2) is 4.27. The molecule has 0 aliphatic carbocycles. The van der Waals surface area contributed by atoms with Crippen LogP contribution in [0.3, 0.4) is 0 Å². The zero-order valence-electron chi connectivity index (χ0n) is 9.67. The first-order valence-corrected chi connectivity index (χ1v) is 5.49. The minimum Gasteiger partial charge on any atom is -0.477 e. The molecule has 0 saturated carbocycles. The van der Waals surface area contributed by atoms with E-state index in [9.17, 15) is 9.18 Å². The maximum Gasteiger partial charge on any atom is 0.354 e. The summed E-state index contributed by atoms with van der Waals surface area (Å²) in [5, 5.41) is 12.5. The van der Waals surface area contributed by atoms with Crippen molar-refractivity contribution in [1.29, 1.82) is 0 Å². The van der Waals surface area contributed by atoms with Crippen molar-refractivity contribution < 1.29 is 23.8 Å². The van der Waals surface area contributed by atoms with Crippen LogP contribution >= 0.6 is 0 Å². The molecule has 1 aliphatic rings. The monoisotopic (exact) mass is 264 g/mol. The number of carbonyl (C=O) groups is 1. The fourth-order valence-corrected chi connectivity index (χ4v) is 1.95. The van der Waals surface area contributed by atoms with E-state index in [1.807, 2.05) is 0 Å². The van der Waals surface area contributed by atoms with Crippen LogP contribution in [-0.2, 0) is 6.54 Å². The number of fused-ring (bicyclic) bond motifs is 1. The lowest BCUT2D eigenvalue weighted by Gasteiger charge is -2.07. The van der Waals surface area contributed by atoms with E-state index in [0.29, 0.717) is 17.1 Å². The SMILES string of the molecule is O=C(O)c1cc(F)nn1Cc1cccc2c1OCO2. The summed E-state index contributed by atoms with van der Waals surface area (Å²) < 4.78 is 24.7. The lowest BCUT2D eigenvalue weighted by Crippen LogP contribution is -2.11. The van der Waals surface area contributed by atoms with E-state index in [1.54, 1.807) is 18.2 Å². The zero-order chi connectivity index (χ0) is 13.4. The number of carboxylic acid groups (broad SMARTS) is 1. The highest BCUT2D eigenvalue weighted by molar-refractivity contribution is 5.85. The third-order valence-electron chi connectivity index (χ3n) is 2.77. The Hall–Kier alpha value is -2.57. The molecule has 1 N–H and O–H groups in total. The third kappa shape index (κ3) is 1.99. The summed E-state index contributed by atoms with van der Waals surface area (Å²) in [6.45, 7) is 0.212. The smallest absolute Gasteiger partial charge is 0.354 e. The molecule has 0 radical (unpaired) electrons. The zero-order valence-corrected chi connectivity index (χ0v) is 9.67. The van der Waals surface area contributed by atoms with Gasteiger partial charge in [0.1, 0.15) is 5.69 Å². The van der Waals surface area contributed by atoms with Crippen LogP contribution in [0.25, 0.3) is 0 Å². The molecular formula is C12H9FN2O4. The first kappa shape index (κ1) is 11.5. The number of halogens is 1. The highest BCUT2D eigenvalue weighted by Gasteiger charge is 2.20. The standard InChI is InChI=1S/C12H9FN2O4/c13-10-4-8(12(16)17)15(14-10)5-7-2-1-3-9-11(7)19-6-18-9/h1-4H,5-6H2,(H,16,17). The predicted octanol–water partition coefficient (Wildman–Crippen LogP) is 1.50. The molecular weight excluding hydrogens is 255 g/mol. The Labute approximate surface area is 107 Å². The summed E-state index contributed by atoms with van der Waals surface area (Å²) in [4.78, 5) is 11.0. The molecule has 98 valence electrons. The number of rotatable bonds is 3.